The summed E-state index contributed by atoms with van der Waals surface area (Å²) in [6.45, 7) is 13.2. The molecule has 136 valence electrons. The molecule has 2 aliphatic heterocycles. The second-order valence-corrected chi connectivity index (χ2v) is 6.75. The Morgan fingerprint density at radius 2 is 1.62 bits per heavy atom. The molecule has 0 aromatic heterocycles. The van der Waals surface area contributed by atoms with Crippen molar-refractivity contribution in [1.82, 2.24) is 10.2 Å². The predicted octanol–water partition coefficient (Wildman–Crippen LogP) is 4.04. The maximum atomic E-state index is 4.15. The minimum atomic E-state index is 0. The van der Waals surface area contributed by atoms with Gasteiger partial charge in [0.15, 0.2) is 0 Å². The van der Waals surface area contributed by atoms with Crippen molar-refractivity contribution < 1.29 is 0 Å². The fraction of sp³-hybridized carbons (Fsp3) is 0.579. The first-order valence-corrected chi connectivity index (χ1v) is 8.68. The van der Waals surface area contributed by atoms with E-state index in [0.29, 0.717) is 6.04 Å². The van der Waals surface area contributed by atoms with E-state index in [1.807, 2.05) is 0 Å². The number of anilines is 1. The molecule has 1 aromatic carbocycles. The molecule has 0 amide bonds. The topological polar surface area (TPSA) is 18.5 Å². The van der Waals surface area contributed by atoms with Crippen LogP contribution >= 0.6 is 24.8 Å². The molecule has 0 spiro atoms. The predicted molar refractivity (Wildman–Crippen MR) is 109 cm³/mol. The molecule has 0 radical (unpaired) electrons. The molecule has 2 fully saturated rings. The second kappa shape index (κ2) is 10.3. The first kappa shape index (κ1) is 21.3. The van der Waals surface area contributed by atoms with Gasteiger partial charge >= 0.3 is 0 Å². The van der Waals surface area contributed by atoms with E-state index in [9.17, 15) is 0 Å². The lowest BCUT2D eigenvalue weighted by molar-refractivity contribution is 0.172. The smallest absolute Gasteiger partial charge is 0.0386 e. The minimum absolute atomic E-state index is 0. The molecule has 2 saturated heterocycles. The number of piperazine rings is 1. The maximum absolute atomic E-state index is 4.15. The van der Waals surface area contributed by atoms with E-state index in [1.54, 1.807) is 0 Å². The molecule has 2 heterocycles. The molecule has 0 aliphatic carbocycles. The summed E-state index contributed by atoms with van der Waals surface area (Å²) < 4.78 is 0. The van der Waals surface area contributed by atoms with Crippen LogP contribution in [0.4, 0.5) is 5.69 Å². The highest BCUT2D eigenvalue weighted by Crippen LogP contribution is 2.29. The molecule has 24 heavy (non-hydrogen) atoms. The van der Waals surface area contributed by atoms with Gasteiger partial charge in [-0.3, -0.25) is 4.90 Å². The van der Waals surface area contributed by atoms with E-state index in [1.165, 1.54) is 42.8 Å². The molecule has 0 bridgehead atoms. The number of hydrogen-bond acceptors (Lipinski definition) is 3. The van der Waals surface area contributed by atoms with Crippen molar-refractivity contribution in [2.75, 3.05) is 44.2 Å². The SMILES string of the molecule is C=C(C)C[C@H](c1ccc(N2CCCC2)cc1)N1CCNCC1.Cl.Cl. The molecule has 2 aliphatic rings. The van der Waals surface area contributed by atoms with Crippen molar-refractivity contribution in [2.24, 2.45) is 0 Å². The Bertz CT molecular complexity index is 492. The third-order valence-electron chi connectivity index (χ3n) is 4.88. The van der Waals surface area contributed by atoms with Crippen LogP contribution < -0.4 is 10.2 Å². The lowest BCUT2D eigenvalue weighted by atomic mass is 9.97. The Balaban J connectivity index is 0.00000144. The summed E-state index contributed by atoms with van der Waals surface area (Å²) in [6, 6.07) is 9.78. The molecule has 3 nitrogen and oxygen atoms in total. The zero-order valence-electron chi connectivity index (χ0n) is 14.7. The number of benzene rings is 1. The fourth-order valence-electron chi connectivity index (χ4n) is 3.66. The van der Waals surface area contributed by atoms with Gasteiger partial charge in [0.2, 0.25) is 0 Å². The standard InChI is InChI=1S/C19H29N3.2ClH/c1-16(2)15-19(22-13-9-20-10-14-22)17-5-7-18(8-6-17)21-11-3-4-12-21;;/h5-8,19-20H,1,3-4,9-15H2,2H3;2*1H/t19-;;/m1../s1. The van der Waals surface area contributed by atoms with Crippen LogP contribution in [-0.4, -0.2) is 44.2 Å². The van der Waals surface area contributed by atoms with E-state index in [4.69, 9.17) is 0 Å². The van der Waals surface area contributed by atoms with Crippen LogP contribution in [0.25, 0.3) is 0 Å². The molecule has 3 rings (SSSR count). The monoisotopic (exact) mass is 371 g/mol. The maximum Gasteiger partial charge on any atom is 0.0386 e. The average molecular weight is 372 g/mol. The van der Waals surface area contributed by atoms with E-state index >= 15 is 0 Å². The molecule has 1 atom stereocenters. The molecule has 1 N–H and O–H groups in total. The third kappa shape index (κ3) is 5.38. The quantitative estimate of drug-likeness (QED) is 0.787. The van der Waals surface area contributed by atoms with Gasteiger partial charge in [0.1, 0.15) is 0 Å². The van der Waals surface area contributed by atoms with Gasteiger partial charge in [-0.05, 0) is 43.9 Å². The lowest BCUT2D eigenvalue weighted by Crippen LogP contribution is -2.45. The van der Waals surface area contributed by atoms with Crippen molar-refractivity contribution in [3.05, 3.63) is 42.0 Å². The number of rotatable bonds is 5. The van der Waals surface area contributed by atoms with Crippen LogP contribution in [-0.2, 0) is 0 Å². The van der Waals surface area contributed by atoms with Crippen LogP contribution in [0.2, 0.25) is 0 Å². The molecule has 0 unspecified atom stereocenters. The van der Waals surface area contributed by atoms with Gasteiger partial charge in [0.05, 0.1) is 0 Å². The first-order chi connectivity index (χ1) is 10.7. The summed E-state index contributed by atoms with van der Waals surface area (Å²) in [5.41, 5.74) is 4.09. The summed E-state index contributed by atoms with van der Waals surface area (Å²) in [5, 5.41) is 3.45. The van der Waals surface area contributed by atoms with Crippen molar-refractivity contribution in [1.29, 1.82) is 0 Å². The van der Waals surface area contributed by atoms with Crippen molar-refractivity contribution in [2.45, 2.75) is 32.2 Å². The fourth-order valence-corrected chi connectivity index (χ4v) is 3.66. The van der Waals surface area contributed by atoms with Crippen LogP contribution in [0.3, 0.4) is 0 Å². The Kier molecular flexibility index (Phi) is 9.14. The van der Waals surface area contributed by atoms with Crippen molar-refractivity contribution in [3.8, 4) is 0 Å². The highest BCUT2D eigenvalue weighted by molar-refractivity contribution is 5.85. The second-order valence-electron chi connectivity index (χ2n) is 6.75. The van der Waals surface area contributed by atoms with Gasteiger partial charge in [-0.25, -0.2) is 0 Å². The van der Waals surface area contributed by atoms with Gasteiger partial charge < -0.3 is 10.2 Å². The van der Waals surface area contributed by atoms with Crippen molar-refractivity contribution >= 4 is 30.5 Å². The number of halogens is 2. The Hall–Kier alpha value is -0.740. The Morgan fingerprint density at radius 3 is 2.17 bits per heavy atom. The zero-order valence-corrected chi connectivity index (χ0v) is 16.3. The largest absolute Gasteiger partial charge is 0.372 e. The first-order valence-electron chi connectivity index (χ1n) is 8.68. The van der Waals surface area contributed by atoms with Gasteiger partial charge in [-0.1, -0.05) is 17.7 Å². The summed E-state index contributed by atoms with van der Waals surface area (Å²) in [5.74, 6) is 0. The highest BCUT2D eigenvalue weighted by atomic mass is 35.5. The van der Waals surface area contributed by atoms with Gasteiger partial charge in [0, 0.05) is 51.0 Å². The zero-order chi connectivity index (χ0) is 15.4. The Morgan fingerprint density at radius 1 is 1.04 bits per heavy atom. The summed E-state index contributed by atoms with van der Waals surface area (Å²) in [7, 11) is 0. The van der Waals surface area contributed by atoms with Gasteiger partial charge in [-0.15, -0.1) is 31.4 Å². The molecule has 5 heteroatoms. The molecule has 0 saturated carbocycles. The van der Waals surface area contributed by atoms with E-state index in [0.717, 1.165) is 32.6 Å². The molecular formula is C19H31Cl2N3. The number of nitrogens with zero attached hydrogens (tertiary/aromatic N) is 2. The van der Waals surface area contributed by atoms with Crippen LogP contribution in [0.15, 0.2) is 36.4 Å². The van der Waals surface area contributed by atoms with E-state index in [2.05, 4.69) is 52.9 Å². The third-order valence-corrected chi connectivity index (χ3v) is 4.88. The van der Waals surface area contributed by atoms with Gasteiger partial charge in [0.25, 0.3) is 0 Å². The normalized spacial score (nSPS) is 19.3. The van der Waals surface area contributed by atoms with Gasteiger partial charge in [-0.2, -0.15) is 0 Å². The number of nitrogens with one attached hydrogen (secondary N) is 1. The van der Waals surface area contributed by atoms with Crippen LogP contribution in [0, 0.1) is 0 Å². The van der Waals surface area contributed by atoms with Crippen molar-refractivity contribution in [3.63, 3.8) is 0 Å². The Labute approximate surface area is 159 Å². The summed E-state index contributed by atoms with van der Waals surface area (Å²) in [6.07, 6.45) is 3.73. The number of hydrogen-bond donors (Lipinski definition) is 1. The van der Waals surface area contributed by atoms with E-state index < -0.39 is 0 Å². The minimum Gasteiger partial charge on any atom is -0.372 e. The lowest BCUT2D eigenvalue weighted by Gasteiger charge is -2.35. The molecule has 1 aromatic rings. The average Bonchev–Trinajstić information content (AvgIpc) is 3.08. The van der Waals surface area contributed by atoms with Crippen LogP contribution in [0.1, 0.15) is 37.8 Å². The summed E-state index contributed by atoms with van der Waals surface area (Å²) in [4.78, 5) is 5.11. The molecular weight excluding hydrogens is 341 g/mol. The highest BCUT2D eigenvalue weighted by Gasteiger charge is 2.22. The van der Waals surface area contributed by atoms with E-state index in [-0.39, 0.29) is 24.8 Å². The van der Waals surface area contributed by atoms with Crippen LogP contribution in [0.5, 0.6) is 0 Å². The summed E-state index contributed by atoms with van der Waals surface area (Å²) >= 11 is 0.